The van der Waals surface area contributed by atoms with Gasteiger partial charge in [-0.3, -0.25) is 0 Å². The first-order valence-corrected chi connectivity index (χ1v) is 4.01. The van der Waals surface area contributed by atoms with Crippen LogP contribution in [0, 0.1) is 0 Å². The van der Waals surface area contributed by atoms with E-state index in [0.717, 1.165) is 10.9 Å². The van der Waals surface area contributed by atoms with Gasteiger partial charge in [-0.05, 0) is 6.42 Å². The Balaban J connectivity index is 3.28. The molecule has 0 unspecified atom stereocenters. The molecular weight excluding hydrogens is 122 g/mol. The lowest BCUT2D eigenvalue weighted by Gasteiger charge is -2.22. The molecule has 60 valence electrons. The monoisotopic (exact) mass is 142 g/mol. The van der Waals surface area contributed by atoms with Gasteiger partial charge in [-0.1, -0.05) is 19.1 Å². The first-order valence-electron chi connectivity index (χ1n) is 4.01. The van der Waals surface area contributed by atoms with Crippen LogP contribution in [0.25, 0.3) is 0 Å². The predicted molar refractivity (Wildman–Crippen MR) is 46.9 cm³/mol. The molecule has 0 spiro atoms. The van der Waals surface area contributed by atoms with Gasteiger partial charge in [0.15, 0.2) is 0 Å². The van der Waals surface area contributed by atoms with E-state index in [2.05, 4.69) is 40.2 Å². The summed E-state index contributed by atoms with van der Waals surface area (Å²) >= 11 is 0. The second kappa shape index (κ2) is 4.51. The quantitative estimate of drug-likeness (QED) is 0.416. The van der Waals surface area contributed by atoms with E-state index in [4.69, 9.17) is 0 Å². The van der Waals surface area contributed by atoms with E-state index in [9.17, 15) is 0 Å². The minimum Gasteiger partial charge on any atom is -0.331 e. The van der Waals surface area contributed by atoms with E-state index in [-0.39, 0.29) is 0 Å². The van der Waals surface area contributed by atoms with Gasteiger partial charge in [0.05, 0.1) is 27.7 Å². The van der Waals surface area contributed by atoms with Gasteiger partial charge >= 0.3 is 0 Å². The SMILES string of the molecule is CC/C=C/CC[N+](C)(C)C. The third kappa shape index (κ3) is 7.70. The molecule has 0 saturated carbocycles. The van der Waals surface area contributed by atoms with Crippen molar-refractivity contribution in [3.05, 3.63) is 12.2 Å². The summed E-state index contributed by atoms with van der Waals surface area (Å²) in [6.45, 7) is 3.40. The molecule has 0 aromatic rings. The molecule has 0 aliphatic heterocycles. The smallest absolute Gasteiger partial charge is 0.0815 e. The van der Waals surface area contributed by atoms with Crippen molar-refractivity contribution in [2.75, 3.05) is 27.7 Å². The van der Waals surface area contributed by atoms with E-state index in [1.165, 1.54) is 13.0 Å². The molecular formula is C9H20N+. The molecule has 10 heavy (non-hydrogen) atoms. The molecule has 0 aromatic carbocycles. The van der Waals surface area contributed by atoms with Crippen LogP contribution < -0.4 is 0 Å². The van der Waals surface area contributed by atoms with Crippen LogP contribution in [0.4, 0.5) is 0 Å². The normalized spacial score (nSPS) is 12.8. The molecule has 0 amide bonds. The Labute approximate surface area is 64.9 Å². The molecule has 0 aromatic heterocycles. The second-order valence-corrected chi connectivity index (χ2v) is 3.68. The molecule has 0 bridgehead atoms. The Morgan fingerprint density at radius 3 is 2.10 bits per heavy atom. The van der Waals surface area contributed by atoms with Gasteiger partial charge in [0, 0.05) is 6.42 Å². The van der Waals surface area contributed by atoms with Crippen molar-refractivity contribution in [2.45, 2.75) is 19.8 Å². The zero-order chi connectivity index (χ0) is 8.04. The van der Waals surface area contributed by atoms with Crippen LogP contribution in [0.3, 0.4) is 0 Å². The van der Waals surface area contributed by atoms with Crippen LogP contribution in [-0.4, -0.2) is 32.2 Å². The number of hydrogen-bond acceptors (Lipinski definition) is 0. The van der Waals surface area contributed by atoms with Crippen molar-refractivity contribution in [3.63, 3.8) is 0 Å². The molecule has 1 heteroatoms. The summed E-state index contributed by atoms with van der Waals surface area (Å²) in [6.07, 6.45) is 6.87. The lowest BCUT2D eigenvalue weighted by atomic mass is 10.3. The fourth-order valence-electron chi connectivity index (χ4n) is 0.746. The molecule has 0 radical (unpaired) electrons. The standard InChI is InChI=1S/C9H20N/c1-5-6-7-8-9-10(2,3)4/h6-7H,5,8-9H2,1-4H3/q+1/b7-6+. The predicted octanol–water partition coefficient (Wildman–Crippen LogP) is 2.05. The zero-order valence-electron chi connectivity index (χ0n) is 7.72. The number of allylic oxidation sites excluding steroid dienone is 1. The lowest BCUT2D eigenvalue weighted by molar-refractivity contribution is -0.869. The minimum atomic E-state index is 1.06. The first kappa shape index (κ1) is 9.70. The highest BCUT2D eigenvalue weighted by Crippen LogP contribution is 1.94. The highest BCUT2D eigenvalue weighted by atomic mass is 15.3. The fourth-order valence-corrected chi connectivity index (χ4v) is 0.746. The van der Waals surface area contributed by atoms with Gasteiger partial charge in [-0.2, -0.15) is 0 Å². The maximum atomic E-state index is 2.27. The number of nitrogens with zero attached hydrogens (tertiary/aromatic N) is 1. The van der Waals surface area contributed by atoms with Crippen LogP contribution in [0.1, 0.15) is 19.8 Å². The van der Waals surface area contributed by atoms with Gasteiger partial charge < -0.3 is 4.48 Å². The third-order valence-corrected chi connectivity index (χ3v) is 1.37. The van der Waals surface area contributed by atoms with Crippen LogP contribution in [0.15, 0.2) is 12.2 Å². The van der Waals surface area contributed by atoms with Crippen LogP contribution in [0.2, 0.25) is 0 Å². The highest BCUT2D eigenvalue weighted by Gasteiger charge is 2.02. The van der Waals surface area contributed by atoms with Crippen molar-refractivity contribution in [3.8, 4) is 0 Å². The summed E-state index contributed by atoms with van der Waals surface area (Å²) in [6, 6.07) is 0. The maximum Gasteiger partial charge on any atom is 0.0815 e. The largest absolute Gasteiger partial charge is 0.331 e. The van der Waals surface area contributed by atoms with E-state index in [0.29, 0.717) is 0 Å². The Hall–Kier alpha value is -0.300. The van der Waals surface area contributed by atoms with Crippen molar-refractivity contribution >= 4 is 0 Å². The first-order chi connectivity index (χ1) is 4.56. The van der Waals surface area contributed by atoms with E-state index in [1.54, 1.807) is 0 Å². The summed E-state index contributed by atoms with van der Waals surface area (Å²) in [5.41, 5.74) is 0. The molecule has 0 N–H and O–H groups in total. The topological polar surface area (TPSA) is 0 Å². The van der Waals surface area contributed by atoms with Crippen LogP contribution in [-0.2, 0) is 0 Å². The average Bonchev–Trinajstić information content (AvgIpc) is 1.78. The highest BCUT2D eigenvalue weighted by molar-refractivity contribution is 4.79. The Morgan fingerprint density at radius 1 is 1.10 bits per heavy atom. The number of hydrogen-bond donors (Lipinski definition) is 0. The number of rotatable bonds is 4. The van der Waals surface area contributed by atoms with Crippen LogP contribution >= 0.6 is 0 Å². The third-order valence-electron chi connectivity index (χ3n) is 1.37. The van der Waals surface area contributed by atoms with Gasteiger partial charge in [-0.15, -0.1) is 0 Å². The van der Waals surface area contributed by atoms with Crippen molar-refractivity contribution in [2.24, 2.45) is 0 Å². The molecule has 0 aliphatic carbocycles. The molecule has 0 heterocycles. The molecule has 0 fully saturated rings. The van der Waals surface area contributed by atoms with Crippen LogP contribution in [0.5, 0.6) is 0 Å². The van der Waals surface area contributed by atoms with Gasteiger partial charge in [-0.25, -0.2) is 0 Å². The maximum absolute atomic E-state index is 2.27. The average molecular weight is 142 g/mol. The molecule has 0 rings (SSSR count). The van der Waals surface area contributed by atoms with Crippen molar-refractivity contribution in [1.29, 1.82) is 0 Å². The van der Waals surface area contributed by atoms with Crippen molar-refractivity contribution in [1.82, 2.24) is 0 Å². The lowest BCUT2D eigenvalue weighted by Crippen LogP contribution is -2.34. The summed E-state index contributed by atoms with van der Waals surface area (Å²) in [5, 5.41) is 0. The Bertz CT molecular complexity index is 97.8. The van der Waals surface area contributed by atoms with Gasteiger partial charge in [0.2, 0.25) is 0 Å². The zero-order valence-corrected chi connectivity index (χ0v) is 7.72. The molecule has 0 atom stereocenters. The Morgan fingerprint density at radius 2 is 1.70 bits per heavy atom. The summed E-state index contributed by atoms with van der Waals surface area (Å²) in [4.78, 5) is 0. The molecule has 0 aliphatic rings. The Kier molecular flexibility index (Phi) is 4.37. The van der Waals surface area contributed by atoms with Crippen molar-refractivity contribution < 1.29 is 4.48 Å². The number of quaternary nitrogens is 1. The molecule has 1 nitrogen and oxygen atoms in total. The summed E-state index contributed by atoms with van der Waals surface area (Å²) in [7, 11) is 6.67. The minimum absolute atomic E-state index is 1.06. The summed E-state index contributed by atoms with van der Waals surface area (Å²) in [5.74, 6) is 0. The van der Waals surface area contributed by atoms with Gasteiger partial charge in [0.25, 0.3) is 0 Å². The second-order valence-electron chi connectivity index (χ2n) is 3.68. The van der Waals surface area contributed by atoms with E-state index < -0.39 is 0 Å². The fraction of sp³-hybridized carbons (Fsp3) is 0.778. The van der Waals surface area contributed by atoms with E-state index in [1.807, 2.05) is 0 Å². The van der Waals surface area contributed by atoms with E-state index >= 15 is 0 Å². The van der Waals surface area contributed by atoms with Gasteiger partial charge in [0.1, 0.15) is 0 Å². The summed E-state index contributed by atoms with van der Waals surface area (Å²) < 4.78 is 1.06. The molecule has 0 saturated heterocycles.